The van der Waals surface area contributed by atoms with Crippen molar-refractivity contribution in [3.63, 3.8) is 0 Å². The van der Waals surface area contributed by atoms with Gasteiger partial charge in [0, 0.05) is 11.0 Å². The van der Waals surface area contributed by atoms with Crippen LogP contribution in [-0.4, -0.2) is 11.7 Å². The summed E-state index contributed by atoms with van der Waals surface area (Å²) in [5.74, 6) is 0. The average molecular weight is 354 g/mol. The van der Waals surface area contributed by atoms with Crippen LogP contribution in [0.4, 0.5) is 18.0 Å². The van der Waals surface area contributed by atoms with Crippen molar-refractivity contribution in [2.75, 3.05) is 0 Å². The van der Waals surface area contributed by atoms with Gasteiger partial charge in [0.05, 0.1) is 5.56 Å². The van der Waals surface area contributed by atoms with E-state index in [1.807, 2.05) is 0 Å². The Kier molecular flexibility index (Phi) is 5.07. The van der Waals surface area contributed by atoms with Gasteiger partial charge in [0.2, 0.25) is 0 Å². The zero-order valence-electron chi connectivity index (χ0n) is 11.3. The van der Waals surface area contributed by atoms with Crippen LogP contribution in [0.2, 0.25) is 0 Å². The van der Waals surface area contributed by atoms with Crippen molar-refractivity contribution < 1.29 is 22.7 Å². The summed E-state index contributed by atoms with van der Waals surface area (Å²) in [6, 6.07) is 3.26. The number of hydrogen-bond donors (Lipinski definition) is 1. The van der Waals surface area contributed by atoms with Gasteiger partial charge in [0.15, 0.2) is 0 Å². The van der Waals surface area contributed by atoms with Gasteiger partial charge >= 0.3 is 12.3 Å². The van der Waals surface area contributed by atoms with Crippen LogP contribution < -0.4 is 5.32 Å². The molecular weight excluding hydrogens is 339 g/mol. The standard InChI is InChI=1S/C13H15BrF3NO2/c1-12(2,3)20-11(19)18-7-8-4-5-9(6-10(8)14)13(15,16)17/h4-6H,7H2,1-3H3,(H,18,19). The lowest BCUT2D eigenvalue weighted by molar-refractivity contribution is -0.137. The number of alkyl carbamates (subject to hydrolysis) is 1. The van der Waals surface area contributed by atoms with E-state index >= 15 is 0 Å². The summed E-state index contributed by atoms with van der Waals surface area (Å²) in [6.07, 6.45) is -5.01. The molecule has 0 bridgehead atoms. The largest absolute Gasteiger partial charge is 0.444 e. The maximum Gasteiger partial charge on any atom is 0.416 e. The molecular formula is C13H15BrF3NO2. The maximum absolute atomic E-state index is 12.5. The number of carbonyl (C=O) groups is 1. The van der Waals surface area contributed by atoms with E-state index in [2.05, 4.69) is 21.2 Å². The lowest BCUT2D eigenvalue weighted by Gasteiger charge is -2.20. The molecule has 0 aliphatic carbocycles. The summed E-state index contributed by atoms with van der Waals surface area (Å²) >= 11 is 3.06. The Morgan fingerprint density at radius 1 is 1.30 bits per heavy atom. The van der Waals surface area contributed by atoms with Gasteiger partial charge in [-0.3, -0.25) is 0 Å². The van der Waals surface area contributed by atoms with E-state index in [-0.39, 0.29) is 11.0 Å². The van der Waals surface area contributed by atoms with Gasteiger partial charge < -0.3 is 10.1 Å². The van der Waals surface area contributed by atoms with Gasteiger partial charge in [-0.1, -0.05) is 22.0 Å². The van der Waals surface area contributed by atoms with Crippen molar-refractivity contribution in [2.45, 2.75) is 39.1 Å². The Morgan fingerprint density at radius 3 is 2.35 bits per heavy atom. The van der Waals surface area contributed by atoms with Gasteiger partial charge in [-0.25, -0.2) is 4.79 Å². The number of nitrogens with one attached hydrogen (secondary N) is 1. The molecule has 0 fully saturated rings. The van der Waals surface area contributed by atoms with Crippen LogP contribution in [0.1, 0.15) is 31.9 Å². The second kappa shape index (κ2) is 6.03. The van der Waals surface area contributed by atoms with E-state index in [0.717, 1.165) is 12.1 Å². The van der Waals surface area contributed by atoms with Gasteiger partial charge in [-0.05, 0) is 38.5 Å². The minimum atomic E-state index is -4.39. The normalized spacial score (nSPS) is 12.2. The van der Waals surface area contributed by atoms with E-state index < -0.39 is 23.4 Å². The molecule has 7 heteroatoms. The van der Waals surface area contributed by atoms with E-state index in [1.165, 1.54) is 6.07 Å². The fourth-order valence-corrected chi connectivity index (χ4v) is 1.87. The predicted octanol–water partition coefficient (Wildman–Crippen LogP) is 4.49. The lowest BCUT2D eigenvalue weighted by atomic mass is 10.1. The first-order valence-electron chi connectivity index (χ1n) is 5.81. The van der Waals surface area contributed by atoms with Gasteiger partial charge in [0.25, 0.3) is 0 Å². The Hall–Kier alpha value is -1.24. The number of benzene rings is 1. The number of ether oxygens (including phenoxy) is 1. The number of rotatable bonds is 2. The van der Waals surface area contributed by atoms with Crippen molar-refractivity contribution in [1.82, 2.24) is 5.32 Å². The first-order valence-corrected chi connectivity index (χ1v) is 6.61. The van der Waals surface area contributed by atoms with E-state index in [0.29, 0.717) is 5.56 Å². The fourth-order valence-electron chi connectivity index (χ4n) is 1.35. The Bertz CT molecular complexity index is 495. The summed E-state index contributed by atoms with van der Waals surface area (Å²) < 4.78 is 42.8. The van der Waals surface area contributed by atoms with Crippen LogP contribution in [0, 0.1) is 0 Å². The smallest absolute Gasteiger partial charge is 0.416 e. The van der Waals surface area contributed by atoms with E-state index in [9.17, 15) is 18.0 Å². The molecule has 0 radical (unpaired) electrons. The van der Waals surface area contributed by atoms with E-state index in [1.54, 1.807) is 20.8 Å². The van der Waals surface area contributed by atoms with Gasteiger partial charge in [-0.2, -0.15) is 13.2 Å². The van der Waals surface area contributed by atoms with Crippen molar-refractivity contribution in [2.24, 2.45) is 0 Å². The molecule has 0 atom stereocenters. The van der Waals surface area contributed by atoms with Gasteiger partial charge in [0.1, 0.15) is 5.60 Å². The third kappa shape index (κ3) is 5.40. The summed E-state index contributed by atoms with van der Waals surface area (Å²) in [6.45, 7) is 5.25. The van der Waals surface area contributed by atoms with Crippen LogP contribution in [0.25, 0.3) is 0 Å². The number of halogens is 4. The molecule has 0 aromatic heterocycles. The molecule has 3 nitrogen and oxygen atoms in total. The van der Waals surface area contributed by atoms with Crippen molar-refractivity contribution in [1.29, 1.82) is 0 Å². The summed E-state index contributed by atoms with van der Waals surface area (Å²) in [4.78, 5) is 11.4. The van der Waals surface area contributed by atoms with Gasteiger partial charge in [-0.15, -0.1) is 0 Å². The molecule has 0 saturated heterocycles. The van der Waals surface area contributed by atoms with Crippen molar-refractivity contribution >= 4 is 22.0 Å². The molecule has 0 spiro atoms. The molecule has 0 aliphatic heterocycles. The molecule has 20 heavy (non-hydrogen) atoms. The molecule has 0 aliphatic rings. The van der Waals surface area contributed by atoms with Crippen LogP contribution in [0.15, 0.2) is 22.7 Å². The average Bonchev–Trinajstić information content (AvgIpc) is 2.23. The molecule has 1 N–H and O–H groups in total. The first-order chi connectivity index (χ1) is 8.99. The number of hydrogen-bond acceptors (Lipinski definition) is 2. The first kappa shape index (κ1) is 16.8. The number of alkyl halides is 3. The number of amides is 1. The zero-order chi connectivity index (χ0) is 15.6. The SMILES string of the molecule is CC(C)(C)OC(=O)NCc1ccc(C(F)(F)F)cc1Br. The molecule has 112 valence electrons. The highest BCUT2D eigenvalue weighted by atomic mass is 79.9. The Balaban J connectivity index is 2.68. The Morgan fingerprint density at radius 2 is 1.90 bits per heavy atom. The summed E-state index contributed by atoms with van der Waals surface area (Å²) in [7, 11) is 0. The second-order valence-electron chi connectivity index (χ2n) is 5.16. The topological polar surface area (TPSA) is 38.3 Å². The maximum atomic E-state index is 12.5. The predicted molar refractivity (Wildman–Crippen MR) is 72.2 cm³/mol. The summed E-state index contributed by atoms with van der Waals surface area (Å²) in [5, 5.41) is 2.48. The molecule has 1 rings (SSSR count). The van der Waals surface area contributed by atoms with Crippen molar-refractivity contribution in [3.05, 3.63) is 33.8 Å². The molecule has 1 amide bonds. The van der Waals surface area contributed by atoms with E-state index in [4.69, 9.17) is 4.74 Å². The third-order valence-corrected chi connectivity index (χ3v) is 2.94. The minimum absolute atomic E-state index is 0.0770. The second-order valence-corrected chi connectivity index (χ2v) is 6.01. The highest BCUT2D eigenvalue weighted by Gasteiger charge is 2.30. The highest BCUT2D eigenvalue weighted by molar-refractivity contribution is 9.10. The van der Waals surface area contributed by atoms with Crippen LogP contribution in [0.5, 0.6) is 0 Å². The number of carbonyl (C=O) groups excluding carboxylic acids is 1. The lowest BCUT2D eigenvalue weighted by Crippen LogP contribution is -2.32. The van der Waals surface area contributed by atoms with Crippen LogP contribution in [-0.2, 0) is 17.5 Å². The summed E-state index contributed by atoms with van der Waals surface area (Å²) in [5.41, 5.74) is -0.837. The molecule has 1 aromatic rings. The third-order valence-electron chi connectivity index (χ3n) is 2.20. The van der Waals surface area contributed by atoms with Crippen LogP contribution >= 0.6 is 15.9 Å². The monoisotopic (exact) mass is 353 g/mol. The molecule has 1 aromatic carbocycles. The molecule has 0 heterocycles. The quantitative estimate of drug-likeness (QED) is 0.850. The fraction of sp³-hybridized carbons (Fsp3) is 0.462. The Labute approximate surface area is 123 Å². The minimum Gasteiger partial charge on any atom is -0.444 e. The zero-order valence-corrected chi connectivity index (χ0v) is 12.9. The molecule has 0 unspecified atom stereocenters. The highest BCUT2D eigenvalue weighted by Crippen LogP contribution is 2.32. The van der Waals surface area contributed by atoms with Crippen LogP contribution in [0.3, 0.4) is 0 Å². The molecule has 0 saturated carbocycles. The van der Waals surface area contributed by atoms with Crippen molar-refractivity contribution in [3.8, 4) is 0 Å².